The molecule has 0 bridgehead atoms. The van der Waals surface area contributed by atoms with Gasteiger partial charge in [-0.15, -0.1) is 0 Å². The zero-order valence-electron chi connectivity index (χ0n) is 11.0. The van der Waals surface area contributed by atoms with Gasteiger partial charge in [0.2, 0.25) is 0 Å². The van der Waals surface area contributed by atoms with Crippen LogP contribution in [0.3, 0.4) is 0 Å². The molecule has 1 saturated heterocycles. The number of hydrogen-bond donors (Lipinski definition) is 0. The number of carbonyl (C=O) groups excluding carboxylic acids is 1. The van der Waals surface area contributed by atoms with Gasteiger partial charge in [-0.3, -0.25) is 4.79 Å². The third-order valence-electron chi connectivity index (χ3n) is 3.68. The van der Waals surface area contributed by atoms with Crippen LogP contribution in [0.5, 0.6) is 0 Å². The van der Waals surface area contributed by atoms with Crippen molar-refractivity contribution in [2.24, 2.45) is 0 Å². The van der Waals surface area contributed by atoms with Gasteiger partial charge >= 0.3 is 7.12 Å². The largest absolute Gasteiger partial charge is 0.495 e. The smallest absolute Gasteiger partial charge is 0.399 e. The Morgan fingerprint density at radius 2 is 1.72 bits per heavy atom. The van der Waals surface area contributed by atoms with Crippen molar-refractivity contribution in [3.8, 4) is 0 Å². The van der Waals surface area contributed by atoms with Crippen molar-refractivity contribution in [1.82, 2.24) is 0 Å². The standard InChI is InChI=1S/C13H16BClO3/c1-12(2)13(3,4)18-14(17-12)11-7-10(15)6-5-9(11)8-16/h5-8H,1-4H3. The van der Waals surface area contributed by atoms with E-state index in [1.807, 2.05) is 27.7 Å². The molecule has 1 aliphatic heterocycles. The molecule has 0 amide bonds. The molecule has 96 valence electrons. The lowest BCUT2D eigenvalue weighted by atomic mass is 9.76. The summed E-state index contributed by atoms with van der Waals surface area (Å²) in [4.78, 5) is 11.1. The molecule has 0 N–H and O–H groups in total. The maximum absolute atomic E-state index is 11.1. The highest BCUT2D eigenvalue weighted by Crippen LogP contribution is 2.36. The zero-order chi connectivity index (χ0) is 13.6. The van der Waals surface area contributed by atoms with Crippen molar-refractivity contribution in [2.45, 2.75) is 38.9 Å². The van der Waals surface area contributed by atoms with Crippen molar-refractivity contribution < 1.29 is 14.1 Å². The Balaban J connectivity index is 2.40. The zero-order valence-corrected chi connectivity index (χ0v) is 11.7. The number of benzene rings is 1. The third-order valence-corrected chi connectivity index (χ3v) is 3.92. The van der Waals surface area contributed by atoms with E-state index in [1.165, 1.54) is 0 Å². The van der Waals surface area contributed by atoms with Crippen molar-refractivity contribution in [3.05, 3.63) is 28.8 Å². The van der Waals surface area contributed by atoms with E-state index in [0.29, 0.717) is 16.0 Å². The summed E-state index contributed by atoms with van der Waals surface area (Å²) >= 11 is 5.97. The normalized spacial score (nSPS) is 21.1. The van der Waals surface area contributed by atoms with Crippen molar-refractivity contribution in [1.29, 1.82) is 0 Å². The van der Waals surface area contributed by atoms with Gasteiger partial charge < -0.3 is 9.31 Å². The summed E-state index contributed by atoms with van der Waals surface area (Å²) < 4.78 is 11.8. The van der Waals surface area contributed by atoms with Gasteiger partial charge in [0.15, 0.2) is 0 Å². The van der Waals surface area contributed by atoms with Gasteiger partial charge in [0.05, 0.1) is 11.2 Å². The molecule has 3 nitrogen and oxygen atoms in total. The highest BCUT2D eigenvalue weighted by Gasteiger charge is 2.52. The molecule has 1 fully saturated rings. The van der Waals surface area contributed by atoms with E-state index in [-0.39, 0.29) is 0 Å². The average molecular weight is 267 g/mol. The van der Waals surface area contributed by atoms with Gasteiger partial charge in [-0.05, 0) is 45.3 Å². The van der Waals surface area contributed by atoms with Gasteiger partial charge in [-0.25, -0.2) is 0 Å². The van der Waals surface area contributed by atoms with E-state index >= 15 is 0 Å². The van der Waals surface area contributed by atoms with Crippen LogP contribution in [-0.4, -0.2) is 24.6 Å². The summed E-state index contributed by atoms with van der Waals surface area (Å²) in [5.41, 5.74) is 0.356. The van der Waals surface area contributed by atoms with Crippen LogP contribution >= 0.6 is 11.6 Å². The predicted molar refractivity (Wildman–Crippen MR) is 72.6 cm³/mol. The van der Waals surface area contributed by atoms with Gasteiger partial charge in [0.25, 0.3) is 0 Å². The van der Waals surface area contributed by atoms with Crippen LogP contribution in [0.1, 0.15) is 38.1 Å². The first kappa shape index (κ1) is 13.6. The molecule has 1 aromatic carbocycles. The lowest BCUT2D eigenvalue weighted by molar-refractivity contribution is 0.00578. The third kappa shape index (κ3) is 2.20. The molecule has 1 aromatic rings. The maximum Gasteiger partial charge on any atom is 0.495 e. The number of aldehydes is 1. The molecule has 0 spiro atoms. The van der Waals surface area contributed by atoms with E-state index in [4.69, 9.17) is 20.9 Å². The lowest BCUT2D eigenvalue weighted by Gasteiger charge is -2.32. The Labute approximate surface area is 113 Å². The van der Waals surface area contributed by atoms with E-state index in [9.17, 15) is 4.79 Å². The molecule has 0 atom stereocenters. The Morgan fingerprint density at radius 1 is 1.17 bits per heavy atom. The maximum atomic E-state index is 11.1. The lowest BCUT2D eigenvalue weighted by Crippen LogP contribution is -2.41. The fourth-order valence-corrected chi connectivity index (χ4v) is 2.01. The number of rotatable bonds is 2. The minimum Gasteiger partial charge on any atom is -0.399 e. The summed E-state index contributed by atoms with van der Waals surface area (Å²) in [6.07, 6.45) is 0.788. The first-order valence-corrected chi connectivity index (χ1v) is 6.25. The minimum absolute atomic E-state index is 0.430. The molecular weight excluding hydrogens is 250 g/mol. The highest BCUT2D eigenvalue weighted by atomic mass is 35.5. The fourth-order valence-electron chi connectivity index (χ4n) is 1.83. The first-order valence-electron chi connectivity index (χ1n) is 5.87. The summed E-state index contributed by atoms with van der Waals surface area (Å²) in [6, 6.07) is 5.07. The fraction of sp³-hybridized carbons (Fsp3) is 0.462. The molecule has 18 heavy (non-hydrogen) atoms. The van der Waals surface area contributed by atoms with E-state index < -0.39 is 18.3 Å². The molecule has 0 aliphatic carbocycles. The second kappa shape index (κ2) is 4.37. The molecule has 5 heteroatoms. The molecule has 0 aromatic heterocycles. The second-order valence-electron chi connectivity index (χ2n) is 5.48. The van der Waals surface area contributed by atoms with Crippen molar-refractivity contribution in [2.75, 3.05) is 0 Å². The Kier molecular flexibility index (Phi) is 3.30. The van der Waals surface area contributed by atoms with Gasteiger partial charge in [0, 0.05) is 10.6 Å². The van der Waals surface area contributed by atoms with Gasteiger partial charge in [0.1, 0.15) is 6.29 Å². The number of halogens is 1. The summed E-state index contributed by atoms with van der Waals surface area (Å²) in [5, 5.41) is 0.560. The SMILES string of the molecule is CC1(C)OB(c2cc(Cl)ccc2C=O)OC1(C)C. The van der Waals surface area contributed by atoms with Crippen LogP contribution < -0.4 is 5.46 Å². The van der Waals surface area contributed by atoms with Crippen LogP contribution in [0.2, 0.25) is 5.02 Å². The Morgan fingerprint density at radius 3 is 2.22 bits per heavy atom. The second-order valence-corrected chi connectivity index (χ2v) is 5.92. The van der Waals surface area contributed by atoms with Crippen LogP contribution in [0.4, 0.5) is 0 Å². The Hall–Kier alpha value is -0.835. The number of hydrogen-bond acceptors (Lipinski definition) is 3. The minimum atomic E-state index is -0.561. The molecule has 1 heterocycles. The van der Waals surface area contributed by atoms with Crippen LogP contribution in [0.15, 0.2) is 18.2 Å². The van der Waals surface area contributed by atoms with E-state index in [1.54, 1.807) is 18.2 Å². The molecule has 2 rings (SSSR count). The van der Waals surface area contributed by atoms with E-state index in [0.717, 1.165) is 6.29 Å². The van der Waals surface area contributed by atoms with Crippen molar-refractivity contribution in [3.63, 3.8) is 0 Å². The molecule has 0 unspecified atom stereocenters. The first-order chi connectivity index (χ1) is 8.27. The van der Waals surface area contributed by atoms with Crippen LogP contribution in [0, 0.1) is 0 Å². The Bertz CT molecular complexity index is 469. The monoisotopic (exact) mass is 266 g/mol. The summed E-state index contributed by atoms with van der Waals surface area (Å²) in [5.74, 6) is 0. The van der Waals surface area contributed by atoms with Crippen LogP contribution in [-0.2, 0) is 9.31 Å². The molecule has 0 saturated carbocycles. The van der Waals surface area contributed by atoms with Crippen LogP contribution in [0.25, 0.3) is 0 Å². The predicted octanol–water partition coefficient (Wildman–Crippen LogP) is 2.45. The van der Waals surface area contributed by atoms with Crippen molar-refractivity contribution >= 4 is 30.5 Å². The van der Waals surface area contributed by atoms with E-state index in [2.05, 4.69) is 0 Å². The summed E-state index contributed by atoms with van der Waals surface area (Å²) in [7, 11) is -0.561. The van der Waals surface area contributed by atoms with Gasteiger partial charge in [-0.2, -0.15) is 0 Å². The molecular formula is C13H16BClO3. The molecule has 1 aliphatic rings. The van der Waals surface area contributed by atoms with Gasteiger partial charge in [-0.1, -0.05) is 17.7 Å². The highest BCUT2D eigenvalue weighted by molar-refractivity contribution is 6.63. The average Bonchev–Trinajstić information content (AvgIpc) is 2.48. The quantitative estimate of drug-likeness (QED) is 0.609. The number of carbonyl (C=O) groups is 1. The topological polar surface area (TPSA) is 35.5 Å². The summed E-state index contributed by atoms with van der Waals surface area (Å²) in [6.45, 7) is 7.88. The molecule has 0 radical (unpaired) electrons.